The number of carbonyl (C=O) groups is 1. The molecule has 146 valence electrons. The number of nitrogens with zero attached hydrogens (tertiary/aromatic N) is 2. The molecule has 0 radical (unpaired) electrons. The summed E-state index contributed by atoms with van der Waals surface area (Å²) in [4.78, 5) is 12.7. The first-order valence-electron chi connectivity index (χ1n) is 9.61. The number of rotatable bonds is 4. The predicted octanol–water partition coefficient (Wildman–Crippen LogP) is 2.94. The van der Waals surface area contributed by atoms with Crippen molar-refractivity contribution in [2.24, 2.45) is 5.10 Å². The van der Waals surface area contributed by atoms with E-state index < -0.39 is 15.9 Å². The highest BCUT2D eigenvalue weighted by Crippen LogP contribution is 2.23. The van der Waals surface area contributed by atoms with Crippen LogP contribution in [0.5, 0.6) is 0 Å². The number of carbonyl (C=O) groups excluding carboxylic acids is 1. The lowest BCUT2D eigenvalue weighted by molar-refractivity contribution is 0.0954. The minimum atomic E-state index is -3.57. The Morgan fingerprint density at radius 1 is 0.964 bits per heavy atom. The number of piperidine rings is 1. The van der Waals surface area contributed by atoms with Crippen molar-refractivity contribution in [1.82, 2.24) is 9.73 Å². The van der Waals surface area contributed by atoms with Crippen molar-refractivity contribution >= 4 is 21.6 Å². The zero-order valence-electron chi connectivity index (χ0n) is 15.6. The molecule has 28 heavy (non-hydrogen) atoms. The average Bonchev–Trinajstić information content (AvgIpc) is 3.16. The van der Waals surface area contributed by atoms with E-state index in [1.54, 1.807) is 18.2 Å². The van der Waals surface area contributed by atoms with Crippen LogP contribution in [0.15, 0.2) is 58.5 Å². The minimum Gasteiger partial charge on any atom is -0.267 e. The summed E-state index contributed by atoms with van der Waals surface area (Å²) < 4.78 is 27.2. The van der Waals surface area contributed by atoms with E-state index in [0.29, 0.717) is 13.1 Å². The summed E-state index contributed by atoms with van der Waals surface area (Å²) in [5.41, 5.74) is 6.00. The summed E-state index contributed by atoms with van der Waals surface area (Å²) in [7, 11) is -3.57. The van der Waals surface area contributed by atoms with E-state index in [-0.39, 0.29) is 10.5 Å². The summed E-state index contributed by atoms with van der Waals surface area (Å²) in [6.45, 7) is 1.07. The molecule has 1 saturated heterocycles. The van der Waals surface area contributed by atoms with Crippen LogP contribution >= 0.6 is 0 Å². The van der Waals surface area contributed by atoms with Crippen LogP contribution in [0.25, 0.3) is 0 Å². The van der Waals surface area contributed by atoms with E-state index in [0.717, 1.165) is 43.4 Å². The second-order valence-corrected chi connectivity index (χ2v) is 9.09. The standard InChI is InChI=1S/C21H23N3O3S/c25-21(23-22-20-12-11-16-7-2-3-10-19(16)20)17-8-6-9-18(15-17)28(26,27)24-13-4-1-5-14-24/h2-3,6-10,15H,1,4-5,11-14H2,(H,23,25)/b22-20+. The Labute approximate surface area is 165 Å². The third-order valence-corrected chi connectivity index (χ3v) is 7.20. The van der Waals surface area contributed by atoms with E-state index in [1.165, 1.54) is 15.9 Å². The van der Waals surface area contributed by atoms with Gasteiger partial charge in [0, 0.05) is 24.2 Å². The Kier molecular flexibility index (Phi) is 5.28. The van der Waals surface area contributed by atoms with Crippen LogP contribution in [0.4, 0.5) is 0 Å². The lowest BCUT2D eigenvalue weighted by atomic mass is 10.1. The van der Waals surface area contributed by atoms with Gasteiger partial charge in [-0.15, -0.1) is 0 Å². The summed E-state index contributed by atoms with van der Waals surface area (Å²) in [6, 6.07) is 14.2. The number of nitrogens with one attached hydrogen (secondary N) is 1. The molecule has 1 N–H and O–H groups in total. The molecule has 0 atom stereocenters. The van der Waals surface area contributed by atoms with Gasteiger partial charge < -0.3 is 0 Å². The number of aryl methyl sites for hydroxylation is 1. The van der Waals surface area contributed by atoms with E-state index in [2.05, 4.69) is 16.6 Å². The van der Waals surface area contributed by atoms with Crippen molar-refractivity contribution < 1.29 is 13.2 Å². The number of hydrogen-bond donors (Lipinski definition) is 1. The van der Waals surface area contributed by atoms with Gasteiger partial charge in [-0.1, -0.05) is 36.8 Å². The summed E-state index contributed by atoms with van der Waals surface area (Å²) in [5, 5.41) is 4.28. The molecule has 0 aromatic heterocycles. The third-order valence-electron chi connectivity index (χ3n) is 5.30. The number of amides is 1. The monoisotopic (exact) mass is 397 g/mol. The summed E-state index contributed by atoms with van der Waals surface area (Å²) >= 11 is 0. The maximum atomic E-state index is 12.8. The molecule has 7 heteroatoms. The quantitative estimate of drug-likeness (QED) is 0.806. The largest absolute Gasteiger partial charge is 0.271 e. The van der Waals surface area contributed by atoms with Crippen LogP contribution < -0.4 is 5.43 Å². The number of benzene rings is 2. The molecule has 0 bridgehead atoms. The molecule has 2 aromatic rings. The fraction of sp³-hybridized carbons (Fsp3) is 0.333. The Balaban J connectivity index is 1.52. The van der Waals surface area contributed by atoms with Crippen molar-refractivity contribution in [2.75, 3.05) is 13.1 Å². The highest BCUT2D eigenvalue weighted by Gasteiger charge is 2.26. The second-order valence-electron chi connectivity index (χ2n) is 7.15. The molecule has 0 saturated carbocycles. The molecule has 2 aromatic carbocycles. The Hall–Kier alpha value is -2.51. The average molecular weight is 398 g/mol. The maximum absolute atomic E-state index is 12.8. The van der Waals surface area contributed by atoms with E-state index in [4.69, 9.17) is 0 Å². The first-order valence-corrected chi connectivity index (χ1v) is 11.0. The molecular weight excluding hydrogens is 374 g/mol. The van der Waals surface area contributed by atoms with E-state index in [9.17, 15) is 13.2 Å². The summed E-state index contributed by atoms with van der Waals surface area (Å²) in [5.74, 6) is -0.410. The zero-order chi connectivity index (χ0) is 19.6. The van der Waals surface area contributed by atoms with Crippen LogP contribution in [-0.4, -0.2) is 37.4 Å². The number of fused-ring (bicyclic) bond motifs is 1. The van der Waals surface area contributed by atoms with Crippen molar-refractivity contribution in [3.63, 3.8) is 0 Å². The molecule has 0 unspecified atom stereocenters. The van der Waals surface area contributed by atoms with Crippen molar-refractivity contribution in [3.05, 3.63) is 65.2 Å². The van der Waals surface area contributed by atoms with Crippen molar-refractivity contribution in [3.8, 4) is 0 Å². The van der Waals surface area contributed by atoms with Gasteiger partial charge in [0.15, 0.2) is 0 Å². The Morgan fingerprint density at radius 3 is 2.57 bits per heavy atom. The smallest absolute Gasteiger partial charge is 0.267 e. The molecule has 0 spiro atoms. The van der Waals surface area contributed by atoms with Crippen LogP contribution in [0.2, 0.25) is 0 Å². The first-order chi connectivity index (χ1) is 13.6. The molecule has 1 aliphatic carbocycles. The van der Waals surface area contributed by atoms with Gasteiger partial charge in [-0.25, -0.2) is 13.8 Å². The third kappa shape index (κ3) is 3.72. The second kappa shape index (κ2) is 7.85. The molecule has 1 amide bonds. The van der Waals surface area contributed by atoms with Gasteiger partial charge in [-0.3, -0.25) is 4.79 Å². The molecule has 4 rings (SSSR count). The van der Waals surface area contributed by atoms with E-state index in [1.807, 2.05) is 18.2 Å². The SMILES string of the molecule is O=C(N/N=C1\CCc2ccccc21)c1cccc(S(=O)(=O)N2CCCCC2)c1. The Morgan fingerprint density at radius 2 is 1.75 bits per heavy atom. The number of hydrogen-bond acceptors (Lipinski definition) is 4. The highest BCUT2D eigenvalue weighted by molar-refractivity contribution is 7.89. The van der Waals surface area contributed by atoms with Gasteiger partial charge in [0.2, 0.25) is 10.0 Å². The van der Waals surface area contributed by atoms with Gasteiger partial charge in [0.05, 0.1) is 10.6 Å². The van der Waals surface area contributed by atoms with Crippen molar-refractivity contribution in [2.45, 2.75) is 37.0 Å². The lowest BCUT2D eigenvalue weighted by Crippen LogP contribution is -2.35. The maximum Gasteiger partial charge on any atom is 0.271 e. The van der Waals surface area contributed by atoms with Gasteiger partial charge >= 0.3 is 0 Å². The van der Waals surface area contributed by atoms with Crippen LogP contribution in [0.1, 0.15) is 47.2 Å². The first kappa shape index (κ1) is 18.8. The van der Waals surface area contributed by atoms with Gasteiger partial charge in [0.25, 0.3) is 5.91 Å². The van der Waals surface area contributed by atoms with Gasteiger partial charge in [-0.05, 0) is 49.4 Å². The van der Waals surface area contributed by atoms with Gasteiger partial charge in [0.1, 0.15) is 0 Å². The molecular formula is C21H23N3O3S. The molecule has 1 fully saturated rings. The number of hydrazone groups is 1. The van der Waals surface area contributed by atoms with Crippen LogP contribution in [0, 0.1) is 0 Å². The number of sulfonamides is 1. The van der Waals surface area contributed by atoms with Gasteiger partial charge in [-0.2, -0.15) is 9.41 Å². The highest BCUT2D eigenvalue weighted by atomic mass is 32.2. The summed E-state index contributed by atoms with van der Waals surface area (Å²) in [6.07, 6.45) is 4.49. The van der Waals surface area contributed by atoms with Crippen molar-refractivity contribution in [1.29, 1.82) is 0 Å². The fourth-order valence-corrected chi connectivity index (χ4v) is 5.32. The molecule has 6 nitrogen and oxygen atoms in total. The normalized spacial score (nSPS) is 18.8. The van der Waals surface area contributed by atoms with Crippen LogP contribution in [-0.2, 0) is 16.4 Å². The molecule has 1 aliphatic heterocycles. The fourth-order valence-electron chi connectivity index (χ4n) is 3.76. The molecule has 1 heterocycles. The lowest BCUT2D eigenvalue weighted by Gasteiger charge is -2.25. The Bertz CT molecular complexity index is 1020. The predicted molar refractivity (Wildman–Crippen MR) is 108 cm³/mol. The zero-order valence-corrected chi connectivity index (χ0v) is 16.4. The topological polar surface area (TPSA) is 78.8 Å². The molecule has 2 aliphatic rings. The van der Waals surface area contributed by atoms with Crippen LogP contribution in [0.3, 0.4) is 0 Å². The minimum absolute atomic E-state index is 0.154. The van der Waals surface area contributed by atoms with E-state index >= 15 is 0 Å².